The molecule has 24 heavy (non-hydrogen) atoms. The summed E-state index contributed by atoms with van der Waals surface area (Å²) in [5.74, 6) is -0.641. The topological polar surface area (TPSA) is 91.3 Å². The summed E-state index contributed by atoms with van der Waals surface area (Å²) < 4.78 is 0.838. The number of hydrogen-bond donors (Lipinski definition) is 3. The summed E-state index contributed by atoms with van der Waals surface area (Å²) in [6.45, 7) is 3.28. The molecule has 122 valence electrons. The zero-order chi connectivity index (χ0) is 17.3. The maximum Gasteiger partial charge on any atom is 0.261 e. The van der Waals surface area contributed by atoms with Crippen LogP contribution in [0.3, 0.4) is 0 Å². The largest absolute Gasteiger partial charge is 0.507 e. The second-order valence-corrected chi connectivity index (χ2v) is 6.39. The highest BCUT2D eigenvalue weighted by Crippen LogP contribution is 2.29. The molecule has 2 amide bonds. The number of amides is 2. The summed E-state index contributed by atoms with van der Waals surface area (Å²) in [6, 6.07) is 10.2. The van der Waals surface area contributed by atoms with Crippen LogP contribution in [0.4, 0.5) is 10.8 Å². The van der Waals surface area contributed by atoms with Crippen molar-refractivity contribution in [2.45, 2.75) is 13.8 Å². The van der Waals surface area contributed by atoms with Crippen molar-refractivity contribution in [1.82, 2.24) is 4.98 Å². The number of anilines is 2. The van der Waals surface area contributed by atoms with Gasteiger partial charge in [-0.3, -0.25) is 14.9 Å². The van der Waals surface area contributed by atoms with Gasteiger partial charge in [-0.2, -0.15) is 0 Å². The number of hydrogen-bond acceptors (Lipinski definition) is 5. The molecule has 7 heteroatoms. The third-order valence-corrected chi connectivity index (χ3v) is 4.26. The summed E-state index contributed by atoms with van der Waals surface area (Å²) in [6.07, 6.45) is 0. The molecule has 0 spiro atoms. The van der Waals surface area contributed by atoms with E-state index in [4.69, 9.17) is 0 Å². The Morgan fingerprint density at radius 3 is 2.62 bits per heavy atom. The Morgan fingerprint density at radius 1 is 1.12 bits per heavy atom. The highest BCUT2D eigenvalue weighted by atomic mass is 32.1. The molecule has 0 bridgehead atoms. The third kappa shape index (κ3) is 3.36. The smallest absolute Gasteiger partial charge is 0.261 e. The molecule has 0 saturated carbocycles. The Morgan fingerprint density at radius 2 is 1.92 bits per heavy atom. The summed E-state index contributed by atoms with van der Waals surface area (Å²) in [4.78, 5) is 27.7. The van der Waals surface area contributed by atoms with Crippen LogP contribution in [0.2, 0.25) is 0 Å². The lowest BCUT2D eigenvalue weighted by Crippen LogP contribution is -2.11. The van der Waals surface area contributed by atoms with Gasteiger partial charge in [0.05, 0.1) is 15.8 Å². The number of phenols is 1. The maximum absolute atomic E-state index is 12.3. The van der Waals surface area contributed by atoms with Crippen LogP contribution in [0.15, 0.2) is 36.4 Å². The van der Waals surface area contributed by atoms with Crippen molar-refractivity contribution in [2.75, 3.05) is 10.6 Å². The van der Waals surface area contributed by atoms with E-state index >= 15 is 0 Å². The lowest BCUT2D eigenvalue weighted by molar-refractivity contribution is -0.114. The number of aryl methyl sites for hydroxylation is 1. The normalized spacial score (nSPS) is 10.6. The van der Waals surface area contributed by atoms with Crippen molar-refractivity contribution in [3.63, 3.8) is 0 Å². The zero-order valence-electron chi connectivity index (χ0n) is 13.1. The fourth-order valence-corrected chi connectivity index (χ4v) is 3.16. The SMILES string of the molecule is CC(=O)Nc1ccc2nc(NC(=O)c3ccc(C)cc3O)sc2c1. The maximum atomic E-state index is 12.3. The Bertz CT molecular complexity index is 949. The van der Waals surface area contributed by atoms with E-state index in [-0.39, 0.29) is 17.2 Å². The lowest BCUT2D eigenvalue weighted by Gasteiger charge is -2.04. The number of benzene rings is 2. The molecule has 2 aromatic carbocycles. The molecule has 0 aliphatic rings. The number of aromatic nitrogens is 1. The van der Waals surface area contributed by atoms with Crippen molar-refractivity contribution < 1.29 is 14.7 Å². The van der Waals surface area contributed by atoms with E-state index in [1.165, 1.54) is 24.3 Å². The van der Waals surface area contributed by atoms with Gasteiger partial charge in [0.25, 0.3) is 5.91 Å². The third-order valence-electron chi connectivity index (χ3n) is 3.33. The molecule has 0 saturated heterocycles. The van der Waals surface area contributed by atoms with Gasteiger partial charge in [-0.15, -0.1) is 0 Å². The van der Waals surface area contributed by atoms with Gasteiger partial charge in [0.1, 0.15) is 5.75 Å². The highest BCUT2D eigenvalue weighted by Gasteiger charge is 2.14. The van der Waals surface area contributed by atoms with E-state index < -0.39 is 5.91 Å². The molecule has 0 atom stereocenters. The van der Waals surface area contributed by atoms with Gasteiger partial charge >= 0.3 is 0 Å². The minimum atomic E-state index is -0.423. The first-order valence-electron chi connectivity index (χ1n) is 7.21. The summed E-state index contributed by atoms with van der Waals surface area (Å²) >= 11 is 1.29. The Kier molecular flexibility index (Phi) is 4.18. The van der Waals surface area contributed by atoms with Crippen molar-refractivity contribution in [3.05, 3.63) is 47.5 Å². The first kappa shape index (κ1) is 15.9. The molecule has 3 rings (SSSR count). The highest BCUT2D eigenvalue weighted by molar-refractivity contribution is 7.22. The van der Waals surface area contributed by atoms with Gasteiger partial charge in [0.15, 0.2) is 5.13 Å². The number of fused-ring (bicyclic) bond motifs is 1. The first-order chi connectivity index (χ1) is 11.4. The summed E-state index contributed by atoms with van der Waals surface area (Å²) in [5, 5.41) is 15.7. The molecule has 1 heterocycles. The molecule has 0 aliphatic heterocycles. The molecule has 6 nitrogen and oxygen atoms in total. The second kappa shape index (κ2) is 6.29. The van der Waals surface area contributed by atoms with E-state index in [0.29, 0.717) is 10.8 Å². The van der Waals surface area contributed by atoms with Crippen LogP contribution in [-0.2, 0) is 4.79 Å². The van der Waals surface area contributed by atoms with Crippen LogP contribution in [0.1, 0.15) is 22.8 Å². The molecule has 3 aromatic rings. The first-order valence-corrected chi connectivity index (χ1v) is 8.03. The summed E-state index contributed by atoms with van der Waals surface area (Å²) in [5.41, 5.74) is 2.46. The van der Waals surface area contributed by atoms with Gasteiger partial charge in [0, 0.05) is 12.6 Å². The van der Waals surface area contributed by atoms with Crippen LogP contribution in [0, 0.1) is 6.92 Å². The van der Waals surface area contributed by atoms with Crippen LogP contribution in [0.5, 0.6) is 5.75 Å². The van der Waals surface area contributed by atoms with E-state index in [0.717, 1.165) is 15.8 Å². The van der Waals surface area contributed by atoms with Crippen LogP contribution in [-0.4, -0.2) is 21.9 Å². The van der Waals surface area contributed by atoms with E-state index in [1.54, 1.807) is 30.3 Å². The number of carbonyl (C=O) groups excluding carboxylic acids is 2. The second-order valence-electron chi connectivity index (χ2n) is 5.36. The van der Waals surface area contributed by atoms with Crippen molar-refractivity contribution in [3.8, 4) is 5.75 Å². The van der Waals surface area contributed by atoms with Gasteiger partial charge in [-0.1, -0.05) is 17.4 Å². The molecule has 0 radical (unpaired) electrons. The van der Waals surface area contributed by atoms with Crippen LogP contribution >= 0.6 is 11.3 Å². The quantitative estimate of drug-likeness (QED) is 0.680. The molecule has 0 unspecified atom stereocenters. The van der Waals surface area contributed by atoms with Gasteiger partial charge in [-0.05, 0) is 42.8 Å². The van der Waals surface area contributed by atoms with Crippen molar-refractivity contribution in [1.29, 1.82) is 0 Å². The minimum Gasteiger partial charge on any atom is -0.507 e. The van der Waals surface area contributed by atoms with Crippen molar-refractivity contribution >= 4 is 44.2 Å². The standard InChI is InChI=1S/C17H15N3O3S/c1-9-3-5-12(14(22)7-9)16(23)20-17-19-13-6-4-11(18-10(2)21)8-15(13)24-17/h3-8,22H,1-2H3,(H,18,21)(H,19,20,23). The van der Waals surface area contributed by atoms with Crippen LogP contribution in [0.25, 0.3) is 10.2 Å². The van der Waals surface area contributed by atoms with Crippen LogP contribution < -0.4 is 10.6 Å². The monoisotopic (exact) mass is 341 g/mol. The minimum absolute atomic E-state index is 0.0680. The Labute approximate surface area is 142 Å². The molecule has 0 aliphatic carbocycles. The summed E-state index contributed by atoms with van der Waals surface area (Å²) in [7, 11) is 0. The average Bonchev–Trinajstić information content (AvgIpc) is 2.87. The molecule has 3 N–H and O–H groups in total. The van der Waals surface area contributed by atoms with Gasteiger partial charge < -0.3 is 10.4 Å². The lowest BCUT2D eigenvalue weighted by atomic mass is 10.1. The zero-order valence-corrected chi connectivity index (χ0v) is 13.9. The molecule has 1 aromatic heterocycles. The average molecular weight is 341 g/mol. The molecule has 0 fully saturated rings. The number of carbonyl (C=O) groups is 2. The number of thiazole rings is 1. The number of nitrogens with zero attached hydrogens (tertiary/aromatic N) is 1. The molecular weight excluding hydrogens is 326 g/mol. The number of rotatable bonds is 3. The Hall–Kier alpha value is -2.93. The number of aromatic hydroxyl groups is 1. The van der Waals surface area contributed by atoms with E-state index in [9.17, 15) is 14.7 Å². The fourth-order valence-electron chi connectivity index (χ4n) is 2.26. The Balaban J connectivity index is 1.84. The molecular formula is C17H15N3O3S. The van der Waals surface area contributed by atoms with Crippen molar-refractivity contribution in [2.24, 2.45) is 0 Å². The number of nitrogens with one attached hydrogen (secondary N) is 2. The fraction of sp³-hybridized carbons (Fsp3) is 0.118. The van der Waals surface area contributed by atoms with E-state index in [2.05, 4.69) is 15.6 Å². The van der Waals surface area contributed by atoms with Gasteiger partial charge in [-0.25, -0.2) is 4.98 Å². The predicted octanol–water partition coefficient (Wildman–Crippen LogP) is 3.52. The predicted molar refractivity (Wildman–Crippen MR) is 94.7 cm³/mol. The van der Waals surface area contributed by atoms with Gasteiger partial charge in [0.2, 0.25) is 5.91 Å². The van der Waals surface area contributed by atoms with E-state index in [1.807, 2.05) is 6.92 Å². The number of phenolic OH excluding ortho intramolecular Hbond substituents is 1.